The van der Waals surface area contributed by atoms with E-state index in [0.29, 0.717) is 23.1 Å². The van der Waals surface area contributed by atoms with E-state index in [9.17, 15) is 5.11 Å². The lowest BCUT2D eigenvalue weighted by atomic mass is 10.1. The van der Waals surface area contributed by atoms with Crippen LogP contribution >= 0.6 is 11.6 Å². The number of aryl methyl sites for hydroxylation is 2. The molecule has 0 bridgehead atoms. The summed E-state index contributed by atoms with van der Waals surface area (Å²) in [7, 11) is 0. The Kier molecular flexibility index (Phi) is 5.12. The number of nitrogen functional groups attached to an aromatic ring is 1. The van der Waals surface area contributed by atoms with Gasteiger partial charge >= 0.3 is 0 Å². The molecule has 0 spiro atoms. The zero-order chi connectivity index (χ0) is 19.8. The summed E-state index contributed by atoms with van der Waals surface area (Å²) in [5.74, 6) is 1.55. The average molecular weight is 402 g/mol. The molecule has 4 N–H and O–H groups in total. The first-order chi connectivity index (χ1) is 13.5. The second-order valence-electron chi connectivity index (χ2n) is 7.38. The number of anilines is 2. The monoisotopic (exact) mass is 401 g/mol. The number of hydrogen-bond donors (Lipinski definition) is 3. The largest absolute Gasteiger partial charge is 0.454 e. The summed E-state index contributed by atoms with van der Waals surface area (Å²) >= 11 is 6.45. The van der Waals surface area contributed by atoms with Crippen molar-refractivity contribution in [2.75, 3.05) is 17.7 Å². The molecular weight excluding hydrogens is 378 g/mol. The van der Waals surface area contributed by atoms with Gasteiger partial charge in [-0.3, -0.25) is 4.98 Å². The van der Waals surface area contributed by atoms with E-state index >= 15 is 0 Å². The Morgan fingerprint density at radius 3 is 2.82 bits per heavy atom. The zero-order valence-electron chi connectivity index (χ0n) is 16.0. The predicted molar refractivity (Wildman–Crippen MR) is 110 cm³/mol. The van der Waals surface area contributed by atoms with Crippen molar-refractivity contribution in [1.29, 1.82) is 0 Å². The number of fused-ring (bicyclic) bond motifs is 1. The number of rotatable bonds is 5. The first kappa shape index (κ1) is 19.0. The zero-order valence-corrected chi connectivity index (χ0v) is 16.8. The number of aliphatic hydroxyl groups excluding tert-OH is 1. The maximum absolute atomic E-state index is 9.40. The summed E-state index contributed by atoms with van der Waals surface area (Å²) in [4.78, 5) is 13.1. The van der Waals surface area contributed by atoms with Gasteiger partial charge in [-0.25, -0.2) is 4.98 Å². The van der Waals surface area contributed by atoms with Crippen LogP contribution in [-0.2, 0) is 6.42 Å². The van der Waals surface area contributed by atoms with Gasteiger partial charge in [0.15, 0.2) is 5.58 Å². The third-order valence-corrected chi connectivity index (χ3v) is 5.63. The van der Waals surface area contributed by atoms with Crippen molar-refractivity contribution in [3.05, 3.63) is 28.7 Å². The van der Waals surface area contributed by atoms with Crippen molar-refractivity contribution in [1.82, 2.24) is 15.0 Å². The fourth-order valence-corrected chi connectivity index (χ4v) is 4.18. The van der Waals surface area contributed by atoms with Crippen molar-refractivity contribution in [3.8, 4) is 11.3 Å². The van der Waals surface area contributed by atoms with Crippen LogP contribution in [0.3, 0.4) is 0 Å². The van der Waals surface area contributed by atoms with E-state index in [4.69, 9.17) is 21.8 Å². The topological polar surface area (TPSA) is 110 Å². The van der Waals surface area contributed by atoms with Crippen molar-refractivity contribution < 1.29 is 9.52 Å². The quantitative estimate of drug-likeness (QED) is 0.555. The van der Waals surface area contributed by atoms with Crippen LogP contribution in [0.1, 0.15) is 37.6 Å². The minimum atomic E-state index is 0.107. The van der Waals surface area contributed by atoms with Gasteiger partial charge in [0.25, 0.3) is 0 Å². The van der Waals surface area contributed by atoms with Crippen LogP contribution in [0, 0.1) is 12.8 Å². The maximum atomic E-state index is 9.40. The highest BCUT2D eigenvalue weighted by Crippen LogP contribution is 2.39. The molecule has 1 fully saturated rings. The highest BCUT2D eigenvalue weighted by molar-refractivity contribution is 6.32. The molecule has 3 aromatic heterocycles. The van der Waals surface area contributed by atoms with E-state index in [1.165, 1.54) is 0 Å². The smallest absolute Gasteiger partial charge is 0.223 e. The van der Waals surface area contributed by atoms with Gasteiger partial charge in [0.2, 0.25) is 5.95 Å². The van der Waals surface area contributed by atoms with Crippen LogP contribution in [0.5, 0.6) is 0 Å². The Morgan fingerprint density at radius 2 is 2.11 bits per heavy atom. The molecule has 4 rings (SSSR count). The molecule has 3 aromatic rings. The Labute approximate surface area is 168 Å². The highest BCUT2D eigenvalue weighted by Gasteiger charge is 2.27. The lowest BCUT2D eigenvalue weighted by Gasteiger charge is -2.16. The molecule has 0 aliphatic heterocycles. The Hall–Kier alpha value is -2.38. The minimum absolute atomic E-state index is 0.107. The summed E-state index contributed by atoms with van der Waals surface area (Å²) in [6, 6.07) is 4.16. The molecule has 0 unspecified atom stereocenters. The first-order valence-electron chi connectivity index (χ1n) is 9.59. The number of aromatic nitrogens is 3. The second kappa shape index (κ2) is 7.56. The summed E-state index contributed by atoms with van der Waals surface area (Å²) in [6.45, 7) is 4.21. The van der Waals surface area contributed by atoms with Crippen molar-refractivity contribution in [2.45, 2.75) is 45.6 Å². The van der Waals surface area contributed by atoms with E-state index in [1.54, 1.807) is 0 Å². The number of furan rings is 1. The van der Waals surface area contributed by atoms with Crippen LogP contribution in [0.2, 0.25) is 5.15 Å². The van der Waals surface area contributed by atoms with Gasteiger partial charge in [-0.15, -0.1) is 0 Å². The number of aliphatic hydroxyl groups is 1. The van der Waals surface area contributed by atoms with Crippen LogP contribution in [-0.4, -0.2) is 32.7 Å². The van der Waals surface area contributed by atoms with E-state index in [1.807, 2.05) is 19.1 Å². The first-order valence-corrected chi connectivity index (χ1v) is 9.97. The van der Waals surface area contributed by atoms with Crippen LogP contribution < -0.4 is 11.1 Å². The molecular formula is C20H24ClN5O2. The molecule has 8 heteroatoms. The maximum Gasteiger partial charge on any atom is 0.223 e. The lowest BCUT2D eigenvalue weighted by Crippen LogP contribution is -2.18. The van der Waals surface area contributed by atoms with Gasteiger partial charge in [-0.2, -0.15) is 4.98 Å². The van der Waals surface area contributed by atoms with Crippen LogP contribution in [0.15, 0.2) is 16.5 Å². The number of nitrogens with one attached hydrogen (secondary N) is 1. The molecule has 148 valence electrons. The highest BCUT2D eigenvalue weighted by atomic mass is 35.5. The average Bonchev–Trinajstić information content (AvgIpc) is 3.28. The molecule has 0 radical (unpaired) electrons. The van der Waals surface area contributed by atoms with Gasteiger partial charge < -0.3 is 20.6 Å². The number of nitrogens with two attached hydrogens (primary N) is 1. The SMILES string of the molecule is CCc1cc2cc(-c3c(Cl)nc(N)nc3N[C@H]3CC[C@@H](CO)C3)oc2c(C)n1. The molecule has 0 amide bonds. The molecule has 1 aliphatic rings. The lowest BCUT2D eigenvalue weighted by molar-refractivity contribution is 0.229. The molecule has 0 saturated heterocycles. The van der Waals surface area contributed by atoms with Crippen LogP contribution in [0.4, 0.5) is 11.8 Å². The Bertz CT molecular complexity index is 1020. The summed E-state index contributed by atoms with van der Waals surface area (Å²) in [5, 5.41) is 14.1. The third kappa shape index (κ3) is 3.52. The normalized spacial score (nSPS) is 19.4. The summed E-state index contributed by atoms with van der Waals surface area (Å²) < 4.78 is 6.10. The van der Waals surface area contributed by atoms with Crippen molar-refractivity contribution in [2.24, 2.45) is 5.92 Å². The van der Waals surface area contributed by atoms with Crippen molar-refractivity contribution in [3.63, 3.8) is 0 Å². The Balaban J connectivity index is 1.77. The minimum Gasteiger partial charge on any atom is -0.454 e. The van der Waals surface area contributed by atoms with E-state index in [-0.39, 0.29) is 23.8 Å². The molecule has 3 heterocycles. The summed E-state index contributed by atoms with van der Waals surface area (Å²) in [6.07, 6.45) is 3.66. The Morgan fingerprint density at radius 1 is 1.29 bits per heavy atom. The second-order valence-corrected chi connectivity index (χ2v) is 7.74. The molecule has 1 aliphatic carbocycles. The number of nitrogens with zero attached hydrogens (tertiary/aromatic N) is 3. The van der Waals surface area contributed by atoms with Gasteiger partial charge in [-0.1, -0.05) is 18.5 Å². The molecule has 2 atom stereocenters. The van der Waals surface area contributed by atoms with Gasteiger partial charge in [0.1, 0.15) is 16.7 Å². The molecule has 28 heavy (non-hydrogen) atoms. The molecule has 7 nitrogen and oxygen atoms in total. The standard InChI is InChI=1S/C20H24ClN5O2/c1-3-13-7-12-8-15(28-17(12)10(2)23-13)16-18(21)25-20(22)26-19(16)24-14-5-4-11(6-14)9-27/h7-8,11,14,27H,3-6,9H2,1-2H3,(H3,22,24,25,26)/t11-,14+/m1/s1. The van der Waals surface area contributed by atoms with Crippen LogP contribution in [0.25, 0.3) is 22.3 Å². The molecule has 1 saturated carbocycles. The van der Waals surface area contributed by atoms with Crippen molar-refractivity contribution >= 4 is 34.3 Å². The number of hydrogen-bond acceptors (Lipinski definition) is 7. The predicted octanol–water partition coefficient (Wildman–Crippen LogP) is 3.96. The van der Waals surface area contributed by atoms with Gasteiger partial charge in [-0.05, 0) is 50.7 Å². The van der Waals surface area contributed by atoms with Gasteiger partial charge in [0, 0.05) is 23.7 Å². The number of halogens is 1. The third-order valence-electron chi connectivity index (χ3n) is 5.35. The summed E-state index contributed by atoms with van der Waals surface area (Å²) in [5.41, 5.74) is 9.02. The van der Waals surface area contributed by atoms with E-state index in [0.717, 1.165) is 48.0 Å². The number of pyridine rings is 1. The van der Waals surface area contributed by atoms with E-state index in [2.05, 4.69) is 27.2 Å². The molecule has 0 aromatic carbocycles. The fraction of sp³-hybridized carbons (Fsp3) is 0.450. The van der Waals surface area contributed by atoms with E-state index < -0.39 is 0 Å². The van der Waals surface area contributed by atoms with Gasteiger partial charge in [0.05, 0.1) is 11.3 Å². The fourth-order valence-electron chi connectivity index (χ4n) is 3.92.